The number of hydrogen-bond donors (Lipinski definition) is 1. The normalized spacial score (nSPS) is 21.3. The van der Waals surface area contributed by atoms with Gasteiger partial charge in [0.05, 0.1) is 5.71 Å². The first-order valence-electron chi connectivity index (χ1n) is 7.54. The average Bonchev–Trinajstić information content (AvgIpc) is 2.58. The third kappa shape index (κ3) is 2.46. The van der Waals surface area contributed by atoms with Crippen molar-refractivity contribution in [1.29, 1.82) is 0 Å². The molecule has 5 nitrogen and oxygen atoms in total. The zero-order valence-corrected chi connectivity index (χ0v) is 12.6. The molecule has 24 heavy (non-hydrogen) atoms. The number of halogens is 1. The molecule has 0 radical (unpaired) electrons. The number of dihydropyridines is 1. The van der Waals surface area contributed by atoms with Crippen molar-refractivity contribution in [1.82, 2.24) is 0 Å². The molecule has 120 valence electrons. The highest BCUT2D eigenvalue weighted by Gasteiger charge is 2.26. The number of nitrogens with one attached hydrogen (secondary N) is 1. The summed E-state index contributed by atoms with van der Waals surface area (Å²) in [6.45, 7) is -0.131. The number of carbonyl (C=O) groups excluding carboxylic acids is 2. The Morgan fingerprint density at radius 2 is 2.17 bits per heavy atom. The SMILES string of the molecule is O=C1COc2ccc(CC3=CC4C=CC=CC4=NC3=O)c(F)c2N1. The molecule has 2 aliphatic heterocycles. The highest BCUT2D eigenvalue weighted by atomic mass is 19.1. The Bertz CT molecular complexity index is 880. The summed E-state index contributed by atoms with van der Waals surface area (Å²) < 4.78 is 19.8. The first-order chi connectivity index (χ1) is 11.6. The number of ether oxygens (including phenoxy) is 1. The molecule has 1 unspecified atom stereocenters. The molecular formula is C18H13FN2O3. The van der Waals surface area contributed by atoms with E-state index in [-0.39, 0.29) is 30.5 Å². The fourth-order valence-corrected chi connectivity index (χ4v) is 2.91. The van der Waals surface area contributed by atoms with Crippen LogP contribution >= 0.6 is 0 Å². The van der Waals surface area contributed by atoms with Crippen molar-refractivity contribution < 1.29 is 18.7 Å². The fraction of sp³-hybridized carbons (Fsp3) is 0.167. The van der Waals surface area contributed by atoms with Crippen molar-refractivity contribution in [3.05, 3.63) is 59.5 Å². The number of carbonyl (C=O) groups is 2. The fourth-order valence-electron chi connectivity index (χ4n) is 2.91. The van der Waals surface area contributed by atoms with Crippen LogP contribution in [0.3, 0.4) is 0 Å². The van der Waals surface area contributed by atoms with Crippen LogP contribution < -0.4 is 10.1 Å². The molecule has 6 heteroatoms. The maximum Gasteiger partial charge on any atom is 0.273 e. The van der Waals surface area contributed by atoms with Gasteiger partial charge >= 0.3 is 0 Å². The number of allylic oxidation sites excluding steroid dienone is 5. The Kier molecular flexibility index (Phi) is 3.37. The predicted molar refractivity (Wildman–Crippen MR) is 86.5 cm³/mol. The number of rotatable bonds is 2. The van der Waals surface area contributed by atoms with Gasteiger partial charge < -0.3 is 10.1 Å². The van der Waals surface area contributed by atoms with Crippen LogP contribution in [-0.4, -0.2) is 24.1 Å². The molecule has 0 bridgehead atoms. The van der Waals surface area contributed by atoms with E-state index < -0.39 is 11.7 Å². The van der Waals surface area contributed by atoms with Crippen molar-refractivity contribution >= 4 is 23.2 Å². The number of anilines is 1. The van der Waals surface area contributed by atoms with Gasteiger partial charge in [-0.2, -0.15) is 0 Å². The largest absolute Gasteiger partial charge is 0.481 e. The second kappa shape index (κ2) is 5.56. The van der Waals surface area contributed by atoms with E-state index in [4.69, 9.17) is 4.74 Å². The van der Waals surface area contributed by atoms with Gasteiger partial charge in [-0.05, 0) is 17.7 Å². The molecule has 1 aromatic carbocycles. The maximum absolute atomic E-state index is 14.6. The zero-order valence-electron chi connectivity index (χ0n) is 12.6. The van der Waals surface area contributed by atoms with Gasteiger partial charge in [-0.15, -0.1) is 0 Å². The van der Waals surface area contributed by atoms with Crippen LogP contribution in [0.1, 0.15) is 5.56 Å². The topological polar surface area (TPSA) is 67.8 Å². The van der Waals surface area contributed by atoms with E-state index in [1.807, 2.05) is 18.2 Å². The Labute approximate surface area is 137 Å². The minimum atomic E-state index is -0.580. The highest BCUT2D eigenvalue weighted by molar-refractivity contribution is 6.13. The molecular weight excluding hydrogens is 311 g/mol. The Hall–Kier alpha value is -3.02. The number of nitrogens with zero attached hydrogens (tertiary/aromatic N) is 1. The summed E-state index contributed by atoms with van der Waals surface area (Å²) in [6, 6.07) is 3.16. The van der Waals surface area contributed by atoms with E-state index in [0.29, 0.717) is 22.6 Å². The third-order valence-corrected chi connectivity index (χ3v) is 4.11. The van der Waals surface area contributed by atoms with Gasteiger partial charge in [-0.3, -0.25) is 9.59 Å². The van der Waals surface area contributed by atoms with Gasteiger partial charge in [0.2, 0.25) is 0 Å². The van der Waals surface area contributed by atoms with E-state index >= 15 is 0 Å². The van der Waals surface area contributed by atoms with Crippen LogP contribution in [0.2, 0.25) is 0 Å². The second-order valence-corrected chi connectivity index (χ2v) is 5.73. The lowest BCUT2D eigenvalue weighted by Gasteiger charge is -2.21. The number of fused-ring (bicyclic) bond motifs is 2. The molecule has 2 amide bonds. The van der Waals surface area contributed by atoms with Crippen LogP contribution in [0.4, 0.5) is 10.1 Å². The molecule has 0 saturated heterocycles. The van der Waals surface area contributed by atoms with Gasteiger partial charge in [-0.1, -0.05) is 30.4 Å². The molecule has 4 rings (SSSR count). The predicted octanol–water partition coefficient (Wildman–Crippen LogP) is 2.35. The van der Waals surface area contributed by atoms with Crippen LogP contribution in [0.25, 0.3) is 0 Å². The number of benzene rings is 1. The van der Waals surface area contributed by atoms with Crippen molar-refractivity contribution in [2.75, 3.05) is 11.9 Å². The third-order valence-electron chi connectivity index (χ3n) is 4.11. The summed E-state index contributed by atoms with van der Waals surface area (Å²) in [4.78, 5) is 27.6. The molecule has 0 aromatic heterocycles. The minimum Gasteiger partial charge on any atom is -0.481 e. The maximum atomic E-state index is 14.6. The first-order valence-corrected chi connectivity index (χ1v) is 7.54. The van der Waals surface area contributed by atoms with Crippen LogP contribution in [0.5, 0.6) is 5.75 Å². The van der Waals surface area contributed by atoms with E-state index in [1.54, 1.807) is 24.3 Å². The summed E-state index contributed by atoms with van der Waals surface area (Å²) in [6.07, 6.45) is 9.36. The van der Waals surface area contributed by atoms with Crippen LogP contribution in [0.15, 0.2) is 53.1 Å². The van der Waals surface area contributed by atoms with E-state index in [2.05, 4.69) is 10.3 Å². The summed E-state index contributed by atoms with van der Waals surface area (Å²) in [5, 5.41) is 2.47. The van der Waals surface area contributed by atoms with Crippen molar-refractivity contribution in [2.24, 2.45) is 10.9 Å². The quantitative estimate of drug-likeness (QED) is 0.908. The molecule has 0 saturated carbocycles. The molecule has 1 aromatic rings. The first kappa shape index (κ1) is 14.6. The van der Waals surface area contributed by atoms with Crippen molar-refractivity contribution in [2.45, 2.75) is 6.42 Å². The highest BCUT2D eigenvalue weighted by Crippen LogP contribution is 2.33. The average molecular weight is 324 g/mol. The summed E-state index contributed by atoms with van der Waals surface area (Å²) in [7, 11) is 0. The molecule has 1 aliphatic carbocycles. The van der Waals surface area contributed by atoms with E-state index in [9.17, 15) is 14.0 Å². The lowest BCUT2D eigenvalue weighted by atomic mass is 9.90. The lowest BCUT2D eigenvalue weighted by Crippen LogP contribution is -2.26. The molecule has 0 fully saturated rings. The standard InChI is InChI=1S/C18H13FN2O3/c19-16-11(5-6-14-17(16)21-15(22)9-24-14)8-12-7-10-3-1-2-4-13(10)20-18(12)23/h1-7,10H,8-9H2,(H,21,22). The van der Waals surface area contributed by atoms with Gasteiger partial charge in [0.15, 0.2) is 12.4 Å². The monoisotopic (exact) mass is 324 g/mol. The number of hydrogen-bond acceptors (Lipinski definition) is 3. The van der Waals surface area contributed by atoms with Gasteiger partial charge in [0.1, 0.15) is 11.4 Å². The van der Waals surface area contributed by atoms with Gasteiger partial charge in [0, 0.05) is 17.9 Å². The summed E-state index contributed by atoms with van der Waals surface area (Å²) in [5.41, 5.74) is 1.47. The summed E-state index contributed by atoms with van der Waals surface area (Å²) >= 11 is 0. The number of amides is 2. The molecule has 1 N–H and O–H groups in total. The van der Waals surface area contributed by atoms with Crippen LogP contribution in [0, 0.1) is 11.7 Å². The van der Waals surface area contributed by atoms with Gasteiger partial charge in [-0.25, -0.2) is 9.38 Å². The van der Waals surface area contributed by atoms with Crippen molar-refractivity contribution in [3.63, 3.8) is 0 Å². The molecule has 0 spiro atoms. The summed E-state index contributed by atoms with van der Waals surface area (Å²) in [5.74, 6) is -1.12. The smallest absolute Gasteiger partial charge is 0.273 e. The molecule has 3 aliphatic rings. The van der Waals surface area contributed by atoms with Crippen molar-refractivity contribution in [3.8, 4) is 5.75 Å². The van der Waals surface area contributed by atoms with E-state index in [0.717, 1.165) is 0 Å². The van der Waals surface area contributed by atoms with Gasteiger partial charge in [0.25, 0.3) is 11.8 Å². The zero-order chi connectivity index (χ0) is 16.7. The number of aliphatic imine (C=N–C) groups is 1. The Morgan fingerprint density at radius 3 is 3.04 bits per heavy atom. The molecule has 2 heterocycles. The molecule has 1 atom stereocenters. The van der Waals surface area contributed by atoms with E-state index in [1.165, 1.54) is 0 Å². The second-order valence-electron chi connectivity index (χ2n) is 5.73. The Balaban J connectivity index is 1.64. The lowest BCUT2D eigenvalue weighted by molar-refractivity contribution is -0.118. The minimum absolute atomic E-state index is 0.0253. The Morgan fingerprint density at radius 1 is 1.29 bits per heavy atom. The van der Waals surface area contributed by atoms with Crippen LogP contribution in [-0.2, 0) is 16.0 Å².